The van der Waals surface area contributed by atoms with Crippen LogP contribution in [0.5, 0.6) is 0 Å². The highest BCUT2D eigenvalue weighted by molar-refractivity contribution is 7.10. The highest BCUT2D eigenvalue weighted by atomic mass is 32.1. The molecule has 2 heterocycles. The molecule has 2 nitrogen and oxygen atoms in total. The minimum atomic E-state index is 0.298. The van der Waals surface area contributed by atoms with E-state index in [-0.39, 0.29) is 0 Å². The maximum atomic E-state index is 8.47. The fraction of sp³-hybridized carbons (Fsp3) is 0.286. The third-order valence-electron chi connectivity index (χ3n) is 1.40. The van der Waals surface area contributed by atoms with Crippen LogP contribution in [0.2, 0.25) is 0 Å². The molecule has 0 aromatic carbocycles. The highest BCUT2D eigenvalue weighted by Gasteiger charge is 2.26. The summed E-state index contributed by atoms with van der Waals surface area (Å²) in [5.74, 6) is 0. The molecule has 1 saturated heterocycles. The third-order valence-corrected chi connectivity index (χ3v) is 2.42. The van der Waals surface area contributed by atoms with Crippen molar-refractivity contribution in [2.75, 3.05) is 6.61 Å². The van der Waals surface area contributed by atoms with E-state index in [4.69, 9.17) is 10.00 Å². The van der Waals surface area contributed by atoms with E-state index in [2.05, 4.69) is 6.07 Å². The molecular weight excluding hydrogens is 146 g/mol. The second-order valence-electron chi connectivity index (χ2n) is 2.17. The van der Waals surface area contributed by atoms with Gasteiger partial charge in [0.1, 0.15) is 12.2 Å². The molecule has 0 unspecified atom stereocenters. The first kappa shape index (κ1) is 5.90. The molecule has 50 valence electrons. The molecule has 1 aliphatic heterocycles. The Morgan fingerprint density at radius 2 is 2.60 bits per heavy atom. The van der Waals surface area contributed by atoms with Crippen molar-refractivity contribution >= 4 is 11.3 Å². The largest absolute Gasteiger partial charge is 0.367 e. The number of epoxide rings is 1. The fourth-order valence-corrected chi connectivity index (χ4v) is 1.66. The average Bonchev–Trinajstić information content (AvgIpc) is 2.70. The average molecular weight is 151 g/mol. The molecule has 1 atom stereocenters. The second kappa shape index (κ2) is 2.08. The van der Waals surface area contributed by atoms with Crippen LogP contribution < -0.4 is 0 Å². The zero-order valence-corrected chi connectivity index (χ0v) is 6.02. The number of hydrogen-bond donors (Lipinski definition) is 0. The van der Waals surface area contributed by atoms with Crippen LogP contribution in [0.3, 0.4) is 0 Å². The van der Waals surface area contributed by atoms with Crippen LogP contribution in [0.1, 0.15) is 16.5 Å². The number of nitrogens with zero attached hydrogens (tertiary/aromatic N) is 1. The summed E-state index contributed by atoms with van der Waals surface area (Å²) in [7, 11) is 0. The summed E-state index contributed by atoms with van der Waals surface area (Å²) >= 11 is 1.60. The number of ether oxygens (including phenoxy) is 1. The zero-order chi connectivity index (χ0) is 6.97. The van der Waals surface area contributed by atoms with Crippen molar-refractivity contribution in [3.8, 4) is 6.07 Å². The van der Waals surface area contributed by atoms with E-state index < -0.39 is 0 Å². The van der Waals surface area contributed by atoms with Crippen molar-refractivity contribution in [3.63, 3.8) is 0 Å². The van der Waals surface area contributed by atoms with Gasteiger partial charge in [0, 0.05) is 10.3 Å². The molecule has 1 aromatic heterocycles. The van der Waals surface area contributed by atoms with Crippen molar-refractivity contribution in [1.29, 1.82) is 5.26 Å². The van der Waals surface area contributed by atoms with Crippen LogP contribution in [0.15, 0.2) is 11.4 Å². The van der Waals surface area contributed by atoms with Gasteiger partial charge >= 0.3 is 0 Å². The second-order valence-corrected chi connectivity index (χ2v) is 3.11. The van der Waals surface area contributed by atoms with E-state index in [1.807, 2.05) is 11.4 Å². The maximum Gasteiger partial charge on any atom is 0.115 e. The summed E-state index contributed by atoms with van der Waals surface area (Å²) < 4.78 is 5.05. The van der Waals surface area contributed by atoms with Gasteiger partial charge in [-0.1, -0.05) is 0 Å². The molecule has 0 amide bonds. The first-order valence-corrected chi connectivity index (χ1v) is 3.88. The maximum absolute atomic E-state index is 8.47. The van der Waals surface area contributed by atoms with Crippen LogP contribution >= 0.6 is 11.3 Å². The van der Waals surface area contributed by atoms with Crippen molar-refractivity contribution < 1.29 is 4.74 Å². The Hall–Kier alpha value is -0.850. The van der Waals surface area contributed by atoms with Crippen molar-refractivity contribution in [2.24, 2.45) is 0 Å². The molecule has 0 saturated carbocycles. The van der Waals surface area contributed by atoms with E-state index >= 15 is 0 Å². The summed E-state index contributed by atoms with van der Waals surface area (Å²) in [4.78, 5) is 1.18. The van der Waals surface area contributed by atoms with Gasteiger partial charge in [-0.05, 0) is 6.07 Å². The zero-order valence-electron chi connectivity index (χ0n) is 5.20. The predicted molar refractivity (Wildman–Crippen MR) is 37.7 cm³/mol. The van der Waals surface area contributed by atoms with Gasteiger partial charge in [-0.15, -0.1) is 11.3 Å². The van der Waals surface area contributed by atoms with Crippen molar-refractivity contribution in [3.05, 3.63) is 21.9 Å². The van der Waals surface area contributed by atoms with Crippen LogP contribution in [-0.4, -0.2) is 6.61 Å². The summed E-state index contributed by atoms with van der Waals surface area (Å²) in [6.45, 7) is 0.825. The van der Waals surface area contributed by atoms with Crippen LogP contribution in [-0.2, 0) is 4.74 Å². The smallest absolute Gasteiger partial charge is 0.115 e. The number of thiophene rings is 1. The Labute approximate surface area is 62.7 Å². The monoisotopic (exact) mass is 151 g/mol. The summed E-state index contributed by atoms with van der Waals surface area (Å²) in [5, 5.41) is 10.3. The SMILES string of the molecule is N#Cc1csc([C@@H]2CO2)c1. The number of hydrogen-bond acceptors (Lipinski definition) is 3. The quantitative estimate of drug-likeness (QED) is 0.572. The van der Waals surface area contributed by atoms with E-state index in [0.29, 0.717) is 6.10 Å². The first-order chi connectivity index (χ1) is 4.90. The van der Waals surface area contributed by atoms with Gasteiger partial charge in [0.25, 0.3) is 0 Å². The molecule has 0 radical (unpaired) electrons. The lowest BCUT2D eigenvalue weighted by molar-refractivity contribution is 0.418. The molecule has 0 N–H and O–H groups in total. The summed E-state index contributed by atoms with van der Waals surface area (Å²) in [6, 6.07) is 3.98. The molecule has 10 heavy (non-hydrogen) atoms. The number of rotatable bonds is 1. The lowest BCUT2D eigenvalue weighted by Gasteiger charge is -1.79. The fourth-order valence-electron chi connectivity index (χ4n) is 0.793. The van der Waals surface area contributed by atoms with E-state index in [9.17, 15) is 0 Å². The van der Waals surface area contributed by atoms with Crippen LogP contribution in [0, 0.1) is 11.3 Å². The molecule has 2 rings (SSSR count). The molecule has 0 aliphatic carbocycles. The lowest BCUT2D eigenvalue weighted by atomic mass is 10.3. The van der Waals surface area contributed by atoms with Crippen molar-refractivity contribution in [2.45, 2.75) is 6.10 Å². The standard InChI is InChI=1S/C7H5NOS/c8-2-5-1-7(10-4-5)6-3-9-6/h1,4,6H,3H2/t6-/m0/s1. The van der Waals surface area contributed by atoms with Gasteiger partial charge in [0.05, 0.1) is 12.2 Å². The Balaban J connectivity index is 2.29. The number of nitriles is 1. The van der Waals surface area contributed by atoms with Gasteiger partial charge in [-0.3, -0.25) is 0 Å². The van der Waals surface area contributed by atoms with Crippen LogP contribution in [0.25, 0.3) is 0 Å². The topological polar surface area (TPSA) is 36.3 Å². The predicted octanol–water partition coefficient (Wildman–Crippen LogP) is 1.69. The highest BCUT2D eigenvalue weighted by Crippen LogP contribution is 2.33. The first-order valence-electron chi connectivity index (χ1n) is 3.00. The van der Waals surface area contributed by atoms with E-state index in [0.717, 1.165) is 12.2 Å². The van der Waals surface area contributed by atoms with Crippen molar-refractivity contribution in [1.82, 2.24) is 0 Å². The molecule has 1 aliphatic rings. The van der Waals surface area contributed by atoms with Gasteiger partial charge in [0.2, 0.25) is 0 Å². The van der Waals surface area contributed by atoms with Gasteiger partial charge in [0.15, 0.2) is 0 Å². The van der Waals surface area contributed by atoms with Gasteiger partial charge < -0.3 is 4.74 Å². The Kier molecular flexibility index (Phi) is 1.23. The normalized spacial score (nSPS) is 22.1. The van der Waals surface area contributed by atoms with Gasteiger partial charge in [-0.2, -0.15) is 5.26 Å². The van der Waals surface area contributed by atoms with E-state index in [1.54, 1.807) is 11.3 Å². The summed E-state index contributed by atoms with van der Waals surface area (Å²) in [6.07, 6.45) is 0.298. The lowest BCUT2D eigenvalue weighted by Crippen LogP contribution is -1.68. The molecule has 1 aromatic rings. The molecule has 0 bridgehead atoms. The molecular formula is C7H5NOS. The Morgan fingerprint density at radius 1 is 1.80 bits per heavy atom. The third kappa shape index (κ3) is 0.919. The minimum absolute atomic E-state index is 0.298. The molecule has 0 spiro atoms. The van der Waals surface area contributed by atoms with E-state index in [1.165, 1.54) is 4.88 Å². The minimum Gasteiger partial charge on any atom is -0.367 e. The Morgan fingerprint density at radius 3 is 3.10 bits per heavy atom. The van der Waals surface area contributed by atoms with Crippen LogP contribution in [0.4, 0.5) is 0 Å². The van der Waals surface area contributed by atoms with Gasteiger partial charge in [-0.25, -0.2) is 0 Å². The molecule has 1 fully saturated rings. The molecule has 3 heteroatoms. The Bertz CT molecular complexity index is 282. The summed E-state index contributed by atoms with van der Waals surface area (Å²) in [5.41, 5.74) is 0.746.